The highest BCUT2D eigenvalue weighted by atomic mass is 32.1. The molecule has 0 radical (unpaired) electrons. The molecule has 1 heterocycles. The number of H-pyrrole nitrogens is 1. The van der Waals surface area contributed by atoms with Gasteiger partial charge in [-0.3, -0.25) is 4.79 Å². The van der Waals surface area contributed by atoms with E-state index in [1.165, 1.54) is 0 Å². The topological polar surface area (TPSA) is 63.8 Å². The van der Waals surface area contributed by atoms with Gasteiger partial charge in [0.05, 0.1) is 0 Å². The van der Waals surface area contributed by atoms with Crippen LogP contribution in [0.1, 0.15) is 26.5 Å². The summed E-state index contributed by atoms with van der Waals surface area (Å²) >= 11 is 5.11. The summed E-state index contributed by atoms with van der Waals surface area (Å²) in [5, 5.41) is 0. The van der Waals surface area contributed by atoms with Crippen LogP contribution in [0, 0.1) is 4.77 Å². The molecule has 0 fully saturated rings. The van der Waals surface area contributed by atoms with Gasteiger partial charge in [0.15, 0.2) is 4.77 Å². The smallest absolute Gasteiger partial charge is 0.243 e. The summed E-state index contributed by atoms with van der Waals surface area (Å²) in [5.41, 5.74) is 5.54. The maximum atomic E-state index is 11.3. The minimum atomic E-state index is -0.775. The van der Waals surface area contributed by atoms with Gasteiger partial charge in [0.25, 0.3) is 0 Å². The van der Waals surface area contributed by atoms with Crippen LogP contribution >= 0.6 is 12.2 Å². The molecule has 0 aromatic carbocycles. The fourth-order valence-electron chi connectivity index (χ4n) is 1.39. The first-order valence-electron chi connectivity index (χ1n) is 4.51. The SMILES string of the molecule is CCc1c[nH]c(=S)n1C(C)(C)C(N)=O. The summed E-state index contributed by atoms with van der Waals surface area (Å²) in [6.07, 6.45) is 2.62. The minimum absolute atomic E-state index is 0.386. The first-order chi connectivity index (χ1) is 6.41. The second-order valence-electron chi connectivity index (χ2n) is 3.70. The van der Waals surface area contributed by atoms with Crippen molar-refractivity contribution < 1.29 is 4.79 Å². The Hall–Kier alpha value is -1.10. The second kappa shape index (κ2) is 3.57. The van der Waals surface area contributed by atoms with Crippen LogP contribution in [-0.4, -0.2) is 15.5 Å². The molecule has 0 saturated heterocycles. The van der Waals surface area contributed by atoms with Crippen molar-refractivity contribution >= 4 is 18.1 Å². The lowest BCUT2D eigenvalue weighted by atomic mass is 10.0. The first kappa shape index (κ1) is 11.0. The lowest BCUT2D eigenvalue weighted by molar-refractivity contribution is -0.125. The number of hydrogen-bond donors (Lipinski definition) is 2. The number of aromatic nitrogens is 2. The van der Waals surface area contributed by atoms with Gasteiger partial charge in [-0.15, -0.1) is 0 Å². The number of primary amides is 1. The summed E-state index contributed by atoms with van der Waals surface area (Å²) in [6, 6.07) is 0. The van der Waals surface area contributed by atoms with Gasteiger partial charge in [0, 0.05) is 11.9 Å². The highest BCUT2D eigenvalue weighted by Crippen LogP contribution is 2.18. The maximum Gasteiger partial charge on any atom is 0.243 e. The van der Waals surface area contributed by atoms with Crippen molar-refractivity contribution in [2.45, 2.75) is 32.7 Å². The number of hydrogen-bond acceptors (Lipinski definition) is 2. The van der Waals surface area contributed by atoms with Crippen molar-refractivity contribution in [3.05, 3.63) is 16.7 Å². The van der Waals surface area contributed by atoms with E-state index in [0.717, 1.165) is 12.1 Å². The van der Waals surface area contributed by atoms with E-state index in [1.807, 2.05) is 13.1 Å². The summed E-state index contributed by atoms with van der Waals surface area (Å²) in [4.78, 5) is 14.2. The number of carbonyl (C=O) groups excluding carboxylic acids is 1. The molecule has 1 rings (SSSR count). The Morgan fingerprint density at radius 2 is 2.29 bits per heavy atom. The third kappa shape index (κ3) is 1.59. The Morgan fingerprint density at radius 3 is 2.71 bits per heavy atom. The van der Waals surface area contributed by atoms with E-state index in [2.05, 4.69) is 4.98 Å². The number of nitrogens with zero attached hydrogens (tertiary/aromatic N) is 1. The molecular weight excluding hydrogens is 198 g/mol. The van der Waals surface area contributed by atoms with Gasteiger partial charge >= 0.3 is 0 Å². The predicted octanol–water partition coefficient (Wildman–Crippen LogP) is 1.33. The number of imidazole rings is 1. The molecule has 14 heavy (non-hydrogen) atoms. The molecule has 0 spiro atoms. The van der Waals surface area contributed by atoms with Crippen molar-refractivity contribution in [2.24, 2.45) is 5.73 Å². The fourth-order valence-corrected chi connectivity index (χ4v) is 1.79. The molecule has 0 bridgehead atoms. The van der Waals surface area contributed by atoms with Gasteiger partial charge in [-0.2, -0.15) is 0 Å². The zero-order chi connectivity index (χ0) is 10.9. The average molecular weight is 213 g/mol. The number of carbonyl (C=O) groups is 1. The van der Waals surface area contributed by atoms with E-state index in [4.69, 9.17) is 18.0 Å². The largest absolute Gasteiger partial charge is 0.368 e. The van der Waals surface area contributed by atoms with Crippen LogP contribution in [-0.2, 0) is 16.8 Å². The van der Waals surface area contributed by atoms with Crippen LogP contribution in [0.4, 0.5) is 0 Å². The number of nitrogens with one attached hydrogen (secondary N) is 1. The van der Waals surface area contributed by atoms with E-state index in [-0.39, 0.29) is 5.91 Å². The monoisotopic (exact) mass is 213 g/mol. The Bertz CT molecular complexity index is 402. The lowest BCUT2D eigenvalue weighted by Gasteiger charge is -2.24. The molecule has 0 aliphatic rings. The molecule has 1 aromatic rings. The molecule has 0 unspecified atom stereocenters. The number of rotatable bonds is 3. The highest BCUT2D eigenvalue weighted by Gasteiger charge is 2.29. The number of amides is 1. The van der Waals surface area contributed by atoms with Crippen molar-refractivity contribution in [1.29, 1.82) is 0 Å². The molecule has 3 N–H and O–H groups in total. The Balaban J connectivity index is 3.37. The van der Waals surface area contributed by atoms with Crippen molar-refractivity contribution in [3.63, 3.8) is 0 Å². The third-order valence-electron chi connectivity index (χ3n) is 2.38. The lowest BCUT2D eigenvalue weighted by Crippen LogP contribution is -2.42. The number of nitrogens with two attached hydrogens (primary N) is 1. The molecular formula is C9H15N3OS. The van der Waals surface area contributed by atoms with Crippen LogP contribution in [0.5, 0.6) is 0 Å². The molecule has 1 amide bonds. The molecule has 0 aliphatic heterocycles. The van der Waals surface area contributed by atoms with Gasteiger partial charge < -0.3 is 15.3 Å². The van der Waals surface area contributed by atoms with Crippen molar-refractivity contribution in [3.8, 4) is 0 Å². The molecule has 0 atom stereocenters. The predicted molar refractivity (Wildman–Crippen MR) is 57.5 cm³/mol. The fraction of sp³-hybridized carbons (Fsp3) is 0.556. The van der Waals surface area contributed by atoms with Crippen LogP contribution in [0.2, 0.25) is 0 Å². The Kier molecular flexibility index (Phi) is 2.80. The molecule has 5 heteroatoms. The Morgan fingerprint density at radius 1 is 1.71 bits per heavy atom. The molecule has 0 saturated carbocycles. The normalized spacial score (nSPS) is 11.6. The van der Waals surface area contributed by atoms with E-state index < -0.39 is 5.54 Å². The van der Waals surface area contributed by atoms with Crippen LogP contribution in [0.25, 0.3) is 0 Å². The summed E-state index contributed by atoms with van der Waals surface area (Å²) < 4.78 is 2.30. The molecule has 4 nitrogen and oxygen atoms in total. The number of aryl methyl sites for hydroxylation is 1. The van der Waals surface area contributed by atoms with E-state index in [0.29, 0.717) is 4.77 Å². The van der Waals surface area contributed by atoms with Gasteiger partial charge in [0.2, 0.25) is 5.91 Å². The maximum absolute atomic E-state index is 11.3. The zero-order valence-corrected chi connectivity index (χ0v) is 9.44. The van der Waals surface area contributed by atoms with Crippen molar-refractivity contribution in [1.82, 2.24) is 9.55 Å². The molecule has 1 aromatic heterocycles. The van der Waals surface area contributed by atoms with E-state index >= 15 is 0 Å². The number of aromatic amines is 1. The zero-order valence-electron chi connectivity index (χ0n) is 8.63. The van der Waals surface area contributed by atoms with Gasteiger partial charge in [-0.05, 0) is 32.5 Å². The Labute approximate surface area is 88.1 Å². The second-order valence-corrected chi connectivity index (χ2v) is 4.08. The van der Waals surface area contributed by atoms with Gasteiger partial charge in [0.1, 0.15) is 5.54 Å². The quantitative estimate of drug-likeness (QED) is 0.744. The molecule has 0 aliphatic carbocycles. The summed E-state index contributed by atoms with van der Waals surface area (Å²) in [6.45, 7) is 5.53. The van der Waals surface area contributed by atoms with E-state index in [9.17, 15) is 4.79 Å². The first-order valence-corrected chi connectivity index (χ1v) is 4.91. The van der Waals surface area contributed by atoms with Crippen LogP contribution in [0.3, 0.4) is 0 Å². The molecule has 78 valence electrons. The standard InChI is InChI=1S/C9H15N3OS/c1-4-6-5-11-8(14)12(6)9(2,3)7(10)13/h5H,4H2,1-3H3,(H2,10,13)(H,11,14). The van der Waals surface area contributed by atoms with Crippen LogP contribution in [0.15, 0.2) is 6.20 Å². The van der Waals surface area contributed by atoms with Gasteiger partial charge in [-0.25, -0.2) is 0 Å². The van der Waals surface area contributed by atoms with Gasteiger partial charge in [-0.1, -0.05) is 6.92 Å². The van der Waals surface area contributed by atoms with E-state index in [1.54, 1.807) is 18.4 Å². The summed E-state index contributed by atoms with van der Waals surface area (Å²) in [7, 11) is 0. The highest BCUT2D eigenvalue weighted by molar-refractivity contribution is 7.71. The minimum Gasteiger partial charge on any atom is -0.368 e. The van der Waals surface area contributed by atoms with Crippen molar-refractivity contribution in [2.75, 3.05) is 0 Å². The summed E-state index contributed by atoms with van der Waals surface area (Å²) in [5.74, 6) is -0.386. The van der Waals surface area contributed by atoms with Crippen LogP contribution < -0.4 is 5.73 Å². The average Bonchev–Trinajstić information content (AvgIpc) is 2.46. The third-order valence-corrected chi connectivity index (χ3v) is 2.68.